The second kappa shape index (κ2) is 14.1. The topological polar surface area (TPSA) is 50.5 Å². The Kier molecular flexibility index (Phi) is 11.5. The van der Waals surface area contributed by atoms with Gasteiger partial charge in [-0.15, -0.1) is 0 Å². The first-order valence-corrected chi connectivity index (χ1v) is 14.3. The third kappa shape index (κ3) is 8.54. The fourth-order valence-corrected chi connectivity index (χ4v) is 6.00. The fraction of sp³-hybridized carbons (Fsp3) is 0.846. The van der Waals surface area contributed by atoms with Gasteiger partial charge >= 0.3 is 0 Å². The van der Waals surface area contributed by atoms with E-state index in [0.29, 0.717) is 12.0 Å². The van der Waals surface area contributed by atoms with Gasteiger partial charge < -0.3 is 20.7 Å². The molecule has 0 aromatic rings. The van der Waals surface area contributed by atoms with Crippen molar-refractivity contribution in [1.29, 1.82) is 0 Å². The predicted octanol–water partition coefficient (Wildman–Crippen LogP) is 5.91. The van der Waals surface area contributed by atoms with Gasteiger partial charge in [-0.1, -0.05) is 80.9 Å². The first-order chi connectivity index (χ1) is 15.2. The fourth-order valence-electron chi connectivity index (χ4n) is 5.28. The number of halogens is 1. The molecule has 2 fully saturated rings. The normalized spacial score (nSPS) is 29.5. The van der Waals surface area contributed by atoms with Crippen molar-refractivity contribution in [3.05, 3.63) is 23.5 Å². The van der Waals surface area contributed by atoms with E-state index in [1.807, 2.05) is 0 Å². The number of rotatable bonds is 12. The third-order valence-electron chi connectivity index (χ3n) is 7.30. The Morgan fingerprint density at radius 1 is 1.00 bits per heavy atom. The van der Waals surface area contributed by atoms with Crippen molar-refractivity contribution in [2.45, 2.75) is 106 Å². The molecule has 3 N–H and O–H groups in total. The van der Waals surface area contributed by atoms with E-state index in [9.17, 15) is 0 Å². The quantitative estimate of drug-likeness (QED) is 0.183. The van der Waals surface area contributed by atoms with Gasteiger partial charge in [-0.05, 0) is 44.3 Å². The second-order valence-corrected chi connectivity index (χ2v) is 11.6. The molecule has 2 aliphatic carbocycles. The van der Waals surface area contributed by atoms with E-state index in [1.54, 1.807) is 0 Å². The molecule has 2 atom stereocenters. The number of allylic oxidation sites excluding steroid dienone is 1. The molecule has 178 valence electrons. The summed E-state index contributed by atoms with van der Waals surface area (Å²) >= 11 is 2.62. The highest BCUT2D eigenvalue weighted by atomic mass is 127. The average Bonchev–Trinajstić information content (AvgIpc) is 2.79. The van der Waals surface area contributed by atoms with Crippen LogP contribution in [-0.2, 0) is 4.74 Å². The van der Waals surface area contributed by atoms with E-state index in [1.165, 1.54) is 94.9 Å². The highest BCUT2D eigenvalue weighted by Crippen LogP contribution is 2.31. The molecule has 1 saturated heterocycles. The first-order valence-electron chi connectivity index (χ1n) is 13.1. The Morgan fingerprint density at radius 3 is 2.32 bits per heavy atom. The summed E-state index contributed by atoms with van der Waals surface area (Å²) in [6.45, 7) is 5.89. The monoisotopic (exact) mass is 543 g/mol. The second-order valence-electron chi connectivity index (χ2n) is 9.83. The number of ether oxygens (including phenoxy) is 1. The number of nitrogens with two attached hydrogens (primary N) is 1. The van der Waals surface area contributed by atoms with E-state index < -0.39 is 0 Å². The van der Waals surface area contributed by atoms with E-state index in [0.717, 1.165) is 30.2 Å². The van der Waals surface area contributed by atoms with E-state index in [2.05, 4.69) is 51.9 Å². The van der Waals surface area contributed by atoms with Gasteiger partial charge in [0.2, 0.25) is 0 Å². The minimum Gasteiger partial charge on any atom is -0.385 e. The maximum absolute atomic E-state index is 6.77. The van der Waals surface area contributed by atoms with E-state index in [-0.39, 0.29) is 6.04 Å². The number of nitrogens with one attached hydrogen (secondary N) is 1. The lowest BCUT2D eigenvalue weighted by molar-refractivity contribution is 0.0547. The zero-order chi connectivity index (χ0) is 21.9. The molecule has 1 saturated carbocycles. The van der Waals surface area contributed by atoms with Crippen LogP contribution in [0.25, 0.3) is 0 Å². The molecule has 0 bridgehead atoms. The van der Waals surface area contributed by atoms with Crippen molar-refractivity contribution in [1.82, 2.24) is 10.2 Å². The molecule has 3 aliphatic rings. The number of unbranched alkanes of at least 4 members (excludes halogenated alkanes) is 7. The van der Waals surface area contributed by atoms with Crippen LogP contribution in [-0.4, -0.2) is 47.2 Å². The van der Waals surface area contributed by atoms with Crippen LogP contribution < -0.4 is 11.1 Å². The van der Waals surface area contributed by atoms with Crippen LogP contribution in [0, 0.1) is 5.92 Å². The molecule has 0 spiro atoms. The Bertz CT molecular complexity index is 565. The Hall–Kier alpha value is -0.270. The smallest absolute Gasteiger partial charge is 0.0642 e. The van der Waals surface area contributed by atoms with Crippen LogP contribution in [0.4, 0.5) is 0 Å². The van der Waals surface area contributed by atoms with Gasteiger partial charge in [0.15, 0.2) is 0 Å². The molecule has 1 heterocycles. The van der Waals surface area contributed by atoms with Crippen LogP contribution in [0.5, 0.6) is 0 Å². The first kappa shape index (κ1) is 25.4. The molecule has 0 aromatic carbocycles. The minimum absolute atomic E-state index is 0.121. The number of alkyl halides is 1. The van der Waals surface area contributed by atoms with E-state index >= 15 is 0 Å². The van der Waals surface area contributed by atoms with Crippen LogP contribution in [0.2, 0.25) is 0 Å². The molecular formula is C26H46IN3O. The average molecular weight is 544 g/mol. The van der Waals surface area contributed by atoms with Gasteiger partial charge in [-0.2, -0.15) is 0 Å². The lowest BCUT2D eigenvalue weighted by Crippen LogP contribution is -2.44. The van der Waals surface area contributed by atoms with Gasteiger partial charge in [0.05, 0.1) is 13.2 Å². The lowest BCUT2D eigenvalue weighted by Gasteiger charge is -2.38. The number of hydrogen-bond acceptors (Lipinski definition) is 4. The zero-order valence-electron chi connectivity index (χ0n) is 19.8. The summed E-state index contributed by atoms with van der Waals surface area (Å²) < 4.78 is 6.42. The van der Waals surface area contributed by atoms with Crippen molar-refractivity contribution >= 4 is 22.6 Å². The number of nitrogens with zero attached hydrogens (tertiary/aromatic N) is 1. The summed E-state index contributed by atoms with van der Waals surface area (Å²) in [7, 11) is 0. The third-order valence-corrected chi connectivity index (χ3v) is 8.55. The molecule has 2 unspecified atom stereocenters. The largest absolute Gasteiger partial charge is 0.385 e. The predicted molar refractivity (Wildman–Crippen MR) is 140 cm³/mol. The molecule has 4 nitrogen and oxygen atoms in total. The summed E-state index contributed by atoms with van der Waals surface area (Å²) in [6, 6.07) is 0.741. The van der Waals surface area contributed by atoms with Crippen LogP contribution >= 0.6 is 22.6 Å². The van der Waals surface area contributed by atoms with Crippen LogP contribution in [0.15, 0.2) is 23.5 Å². The highest BCUT2D eigenvalue weighted by molar-refractivity contribution is 14.1. The molecule has 5 heteroatoms. The molecule has 3 rings (SSSR count). The molecule has 0 radical (unpaired) electrons. The Balaban J connectivity index is 1.54. The molecule has 0 amide bonds. The standard InChI is InChI=1S/C26H46IN3O/c1-2-3-4-5-6-7-8-9-10-24-25(28)19-23(30-15-17-31-18-16-30)20-26(24)29-22-13-11-21(27)12-14-22/h19-22,24-25,29H,2-18,28H2,1H3/t21-,22+,24?,25?. The summed E-state index contributed by atoms with van der Waals surface area (Å²) in [6.07, 6.45) is 22.2. The van der Waals surface area contributed by atoms with Crippen molar-refractivity contribution in [3.8, 4) is 0 Å². The SMILES string of the molecule is CCCCCCCCCCC1C(N[C@H]2CC[C@@H](I)CC2)=CC(N2CCOCC2)=CC1N. The number of hydrogen-bond donors (Lipinski definition) is 2. The Morgan fingerprint density at radius 2 is 1.65 bits per heavy atom. The van der Waals surface area contributed by atoms with Crippen LogP contribution in [0.3, 0.4) is 0 Å². The summed E-state index contributed by atoms with van der Waals surface area (Å²) in [5, 5.41) is 3.98. The van der Waals surface area contributed by atoms with Gasteiger partial charge in [0.1, 0.15) is 0 Å². The maximum Gasteiger partial charge on any atom is 0.0642 e. The van der Waals surface area contributed by atoms with Crippen molar-refractivity contribution in [2.24, 2.45) is 11.7 Å². The molecule has 1 aliphatic heterocycles. The zero-order valence-corrected chi connectivity index (χ0v) is 22.0. The lowest BCUT2D eigenvalue weighted by atomic mass is 9.84. The van der Waals surface area contributed by atoms with Gasteiger partial charge in [0.25, 0.3) is 0 Å². The summed E-state index contributed by atoms with van der Waals surface area (Å²) in [4.78, 5) is 2.46. The highest BCUT2D eigenvalue weighted by Gasteiger charge is 2.29. The molecular weight excluding hydrogens is 497 g/mol. The Labute approximate surface area is 204 Å². The van der Waals surface area contributed by atoms with Crippen molar-refractivity contribution in [3.63, 3.8) is 0 Å². The summed E-state index contributed by atoms with van der Waals surface area (Å²) in [5.41, 5.74) is 9.50. The summed E-state index contributed by atoms with van der Waals surface area (Å²) in [5.74, 6) is 0.446. The molecule has 31 heavy (non-hydrogen) atoms. The van der Waals surface area contributed by atoms with Crippen molar-refractivity contribution in [2.75, 3.05) is 26.3 Å². The van der Waals surface area contributed by atoms with Gasteiger partial charge in [-0.25, -0.2) is 0 Å². The van der Waals surface area contributed by atoms with Crippen LogP contribution in [0.1, 0.15) is 90.4 Å². The van der Waals surface area contributed by atoms with Gasteiger partial charge in [0, 0.05) is 46.4 Å². The van der Waals surface area contributed by atoms with Gasteiger partial charge in [-0.3, -0.25) is 0 Å². The van der Waals surface area contributed by atoms with E-state index in [4.69, 9.17) is 10.5 Å². The van der Waals surface area contributed by atoms with Crippen molar-refractivity contribution < 1.29 is 4.74 Å². The maximum atomic E-state index is 6.77. The molecule has 0 aromatic heterocycles. The minimum atomic E-state index is 0.121. The number of morpholine rings is 1.